The smallest absolute Gasteiger partial charge is 0.341 e. The first-order valence-electron chi connectivity index (χ1n) is 3.14. The molecular formula is C7H7BrO3S. The molecule has 0 fully saturated rings. The van der Waals surface area contributed by atoms with E-state index in [1.807, 2.05) is 6.92 Å². The Kier molecular flexibility index (Phi) is 2.74. The Morgan fingerprint density at radius 3 is 2.58 bits per heavy atom. The molecule has 5 heteroatoms. The molecule has 0 unspecified atom stereocenters. The number of aromatic carboxylic acids is 1. The molecule has 1 rings (SSSR count). The summed E-state index contributed by atoms with van der Waals surface area (Å²) in [6, 6.07) is 0. The van der Waals surface area contributed by atoms with Gasteiger partial charge in [0.2, 0.25) is 0 Å². The van der Waals surface area contributed by atoms with Gasteiger partial charge in [0.05, 0.1) is 10.9 Å². The van der Waals surface area contributed by atoms with E-state index in [0.717, 1.165) is 4.88 Å². The largest absolute Gasteiger partial charge is 0.495 e. The number of rotatable bonds is 2. The number of hydrogen-bond donors (Lipinski definition) is 1. The predicted molar refractivity (Wildman–Crippen MR) is 50.3 cm³/mol. The fourth-order valence-electron chi connectivity index (χ4n) is 0.924. The number of hydrogen-bond acceptors (Lipinski definition) is 3. The molecule has 0 atom stereocenters. The standard InChI is InChI=1S/C7H7BrO3S/c1-3-5(11-2)4(7(9)10)6(8)12-3/h1-2H3,(H,9,10). The minimum Gasteiger partial charge on any atom is -0.495 e. The maximum atomic E-state index is 10.7. The van der Waals surface area contributed by atoms with Gasteiger partial charge < -0.3 is 9.84 Å². The van der Waals surface area contributed by atoms with Crippen LogP contribution >= 0.6 is 27.3 Å². The summed E-state index contributed by atoms with van der Waals surface area (Å²) in [6.07, 6.45) is 0. The van der Waals surface area contributed by atoms with Gasteiger partial charge in [0.25, 0.3) is 0 Å². The lowest BCUT2D eigenvalue weighted by Crippen LogP contribution is -1.98. The molecule has 0 amide bonds. The van der Waals surface area contributed by atoms with E-state index >= 15 is 0 Å². The zero-order chi connectivity index (χ0) is 9.30. The van der Waals surface area contributed by atoms with Crippen molar-refractivity contribution >= 4 is 33.2 Å². The zero-order valence-corrected chi connectivity index (χ0v) is 8.95. The second-order valence-corrected chi connectivity index (χ2v) is 4.69. The number of carboxylic acids is 1. The van der Waals surface area contributed by atoms with E-state index in [-0.39, 0.29) is 5.56 Å². The topological polar surface area (TPSA) is 46.5 Å². The van der Waals surface area contributed by atoms with Crippen molar-refractivity contribution < 1.29 is 14.6 Å². The fourth-order valence-corrected chi connectivity index (χ4v) is 2.83. The van der Waals surface area contributed by atoms with Gasteiger partial charge in [0.1, 0.15) is 11.3 Å². The number of halogens is 1. The molecule has 0 spiro atoms. The van der Waals surface area contributed by atoms with E-state index in [0.29, 0.717) is 9.54 Å². The summed E-state index contributed by atoms with van der Waals surface area (Å²) >= 11 is 4.53. The molecule has 1 aromatic heterocycles. The SMILES string of the molecule is COc1c(C)sc(Br)c1C(=O)O. The lowest BCUT2D eigenvalue weighted by Gasteiger charge is -1.98. The molecular weight excluding hydrogens is 244 g/mol. The number of carbonyl (C=O) groups is 1. The highest BCUT2D eigenvalue weighted by molar-refractivity contribution is 9.11. The average Bonchev–Trinajstić information content (AvgIpc) is 2.24. The van der Waals surface area contributed by atoms with Crippen LogP contribution in [-0.4, -0.2) is 18.2 Å². The van der Waals surface area contributed by atoms with Crippen molar-refractivity contribution in [1.29, 1.82) is 0 Å². The van der Waals surface area contributed by atoms with Gasteiger partial charge in [0.15, 0.2) is 0 Å². The quantitative estimate of drug-likeness (QED) is 0.878. The third-order valence-electron chi connectivity index (χ3n) is 1.40. The summed E-state index contributed by atoms with van der Waals surface area (Å²) in [5.41, 5.74) is 0.208. The van der Waals surface area contributed by atoms with Gasteiger partial charge in [-0.2, -0.15) is 0 Å². The van der Waals surface area contributed by atoms with Crippen molar-refractivity contribution in [3.63, 3.8) is 0 Å². The van der Waals surface area contributed by atoms with E-state index in [9.17, 15) is 4.79 Å². The second-order valence-electron chi connectivity index (χ2n) is 2.15. The molecule has 12 heavy (non-hydrogen) atoms. The highest BCUT2D eigenvalue weighted by Crippen LogP contribution is 2.38. The molecule has 0 radical (unpaired) electrons. The van der Waals surface area contributed by atoms with E-state index in [1.54, 1.807) is 0 Å². The van der Waals surface area contributed by atoms with Crippen LogP contribution in [0.25, 0.3) is 0 Å². The van der Waals surface area contributed by atoms with Crippen molar-refractivity contribution in [2.24, 2.45) is 0 Å². The molecule has 0 saturated carbocycles. The van der Waals surface area contributed by atoms with Crippen LogP contribution in [0.5, 0.6) is 5.75 Å². The van der Waals surface area contributed by atoms with Crippen LogP contribution in [0.15, 0.2) is 3.79 Å². The van der Waals surface area contributed by atoms with Crippen molar-refractivity contribution in [2.75, 3.05) is 7.11 Å². The summed E-state index contributed by atoms with van der Waals surface area (Å²) in [5, 5.41) is 8.79. The number of ether oxygens (including phenoxy) is 1. The molecule has 0 aliphatic heterocycles. The van der Waals surface area contributed by atoms with Crippen LogP contribution in [0, 0.1) is 6.92 Å². The zero-order valence-electron chi connectivity index (χ0n) is 6.55. The maximum Gasteiger partial charge on any atom is 0.341 e. The molecule has 0 aromatic carbocycles. The predicted octanol–water partition coefficient (Wildman–Crippen LogP) is 2.53. The van der Waals surface area contributed by atoms with Crippen molar-refractivity contribution in [3.05, 3.63) is 14.2 Å². The molecule has 66 valence electrons. The second kappa shape index (κ2) is 3.45. The molecule has 1 N–H and O–H groups in total. The van der Waals surface area contributed by atoms with Gasteiger partial charge in [0, 0.05) is 4.88 Å². The Bertz CT molecular complexity index is 319. The van der Waals surface area contributed by atoms with Gasteiger partial charge in [-0.05, 0) is 22.9 Å². The molecule has 1 aromatic rings. The molecule has 0 saturated heterocycles. The van der Waals surface area contributed by atoms with E-state index < -0.39 is 5.97 Å². The van der Waals surface area contributed by atoms with Gasteiger partial charge in [-0.1, -0.05) is 0 Å². The van der Waals surface area contributed by atoms with Crippen LogP contribution in [0.2, 0.25) is 0 Å². The summed E-state index contributed by atoms with van der Waals surface area (Å²) in [6.45, 7) is 1.82. The number of thiophene rings is 1. The molecule has 0 bridgehead atoms. The average molecular weight is 251 g/mol. The van der Waals surface area contributed by atoms with Gasteiger partial charge >= 0.3 is 5.97 Å². The monoisotopic (exact) mass is 250 g/mol. The first kappa shape index (κ1) is 9.54. The van der Waals surface area contributed by atoms with Crippen molar-refractivity contribution in [1.82, 2.24) is 0 Å². The third kappa shape index (κ3) is 1.47. The Hall–Kier alpha value is -0.550. The summed E-state index contributed by atoms with van der Waals surface area (Å²) in [4.78, 5) is 11.6. The first-order valence-corrected chi connectivity index (χ1v) is 4.75. The highest BCUT2D eigenvalue weighted by Gasteiger charge is 2.20. The minimum absolute atomic E-state index is 0.208. The number of methoxy groups -OCH3 is 1. The highest BCUT2D eigenvalue weighted by atomic mass is 79.9. The lowest BCUT2D eigenvalue weighted by atomic mass is 10.3. The van der Waals surface area contributed by atoms with Crippen molar-refractivity contribution in [2.45, 2.75) is 6.92 Å². The maximum absolute atomic E-state index is 10.7. The van der Waals surface area contributed by atoms with Crippen LogP contribution in [0.3, 0.4) is 0 Å². The molecule has 3 nitrogen and oxygen atoms in total. The molecule has 0 aliphatic carbocycles. The lowest BCUT2D eigenvalue weighted by molar-refractivity contribution is 0.0693. The Balaban J connectivity index is 3.32. The summed E-state index contributed by atoms with van der Waals surface area (Å²) in [5.74, 6) is -0.526. The summed E-state index contributed by atoms with van der Waals surface area (Å²) < 4.78 is 5.56. The number of aryl methyl sites for hydroxylation is 1. The molecule has 0 aliphatic rings. The van der Waals surface area contributed by atoms with E-state index in [1.165, 1.54) is 18.4 Å². The third-order valence-corrected chi connectivity index (χ3v) is 3.16. The Morgan fingerprint density at radius 1 is 1.67 bits per heavy atom. The fraction of sp³-hybridized carbons (Fsp3) is 0.286. The van der Waals surface area contributed by atoms with E-state index in [2.05, 4.69) is 15.9 Å². The van der Waals surface area contributed by atoms with Crippen LogP contribution in [0.1, 0.15) is 15.2 Å². The molecule has 1 heterocycles. The van der Waals surface area contributed by atoms with E-state index in [4.69, 9.17) is 9.84 Å². The first-order chi connectivity index (χ1) is 5.57. The van der Waals surface area contributed by atoms with Crippen LogP contribution in [0.4, 0.5) is 0 Å². The van der Waals surface area contributed by atoms with Gasteiger partial charge in [-0.3, -0.25) is 0 Å². The number of carboxylic acid groups (broad SMARTS) is 1. The Morgan fingerprint density at radius 2 is 2.25 bits per heavy atom. The van der Waals surface area contributed by atoms with Gasteiger partial charge in [-0.15, -0.1) is 11.3 Å². The summed E-state index contributed by atoms with van der Waals surface area (Å²) in [7, 11) is 1.47. The van der Waals surface area contributed by atoms with Crippen LogP contribution in [-0.2, 0) is 0 Å². The van der Waals surface area contributed by atoms with Crippen LogP contribution < -0.4 is 4.74 Å². The van der Waals surface area contributed by atoms with Crippen molar-refractivity contribution in [3.8, 4) is 5.75 Å². The Labute approximate surface area is 82.1 Å². The van der Waals surface area contributed by atoms with Gasteiger partial charge in [-0.25, -0.2) is 4.79 Å². The minimum atomic E-state index is -0.969. The normalized spacial score (nSPS) is 9.92.